The Bertz CT molecular complexity index is 818. The van der Waals surface area contributed by atoms with Crippen molar-refractivity contribution < 1.29 is 15.0 Å². The molecule has 0 amide bonds. The molecule has 3 heteroatoms. The third-order valence-corrected chi connectivity index (χ3v) is 2.41. The van der Waals surface area contributed by atoms with Gasteiger partial charge in [-0.15, -0.1) is 0 Å². The van der Waals surface area contributed by atoms with Gasteiger partial charge in [-0.05, 0) is 36.7 Å². The van der Waals surface area contributed by atoms with E-state index in [1.54, 1.807) is 31.2 Å². The highest BCUT2D eigenvalue weighted by atomic mass is 16.5. The van der Waals surface area contributed by atoms with Gasteiger partial charge in [0.05, 0.1) is 11.5 Å². The van der Waals surface area contributed by atoms with Gasteiger partial charge in [-0.2, -0.15) is 0 Å². The molecule has 0 radical (unpaired) electrons. The second-order valence-electron chi connectivity index (χ2n) is 3.62. The Kier molecular flexibility index (Phi) is 3.58. The number of aromatic hydroxyl groups is 1. The van der Waals surface area contributed by atoms with Crippen molar-refractivity contribution in [1.82, 2.24) is 0 Å². The molecule has 19 heavy (non-hydrogen) atoms. The summed E-state index contributed by atoms with van der Waals surface area (Å²) in [6.45, 7) is 1.69. The molecule has 0 unspecified atom stereocenters. The van der Waals surface area contributed by atoms with Gasteiger partial charge in [0.2, 0.25) is 0 Å². The zero-order chi connectivity index (χ0) is 13.7. The van der Waals surface area contributed by atoms with E-state index in [9.17, 15) is 10.3 Å². The molecule has 0 fully saturated rings. The summed E-state index contributed by atoms with van der Waals surface area (Å²) in [6.07, 6.45) is 0. The predicted octanol–water partition coefficient (Wildman–Crippen LogP) is 1.45. The van der Waals surface area contributed by atoms with Crippen LogP contribution < -0.4 is 4.73 Å². The quantitative estimate of drug-likeness (QED) is 0.421. The standard InChI is InChI=1S/C16H9NO2/c1-2-3-4-5-6-9-13-12-16(18)14-10-7-8-11-15(14)17(13)19/h7-8,10-12,19H,1H3/p+1. The molecular weight excluding hydrogens is 238 g/mol. The number of para-hydroxylation sites is 1. The van der Waals surface area contributed by atoms with Gasteiger partial charge in [0.25, 0.3) is 5.52 Å². The van der Waals surface area contributed by atoms with Crippen LogP contribution in [0.5, 0.6) is 5.75 Å². The third-order valence-electron chi connectivity index (χ3n) is 2.41. The van der Waals surface area contributed by atoms with E-state index in [1.165, 1.54) is 6.07 Å². The van der Waals surface area contributed by atoms with Crippen LogP contribution in [0.4, 0.5) is 0 Å². The highest BCUT2D eigenvalue weighted by molar-refractivity contribution is 5.82. The lowest BCUT2D eigenvalue weighted by Gasteiger charge is -1.97. The Morgan fingerprint density at radius 2 is 1.79 bits per heavy atom. The zero-order valence-corrected chi connectivity index (χ0v) is 10.2. The highest BCUT2D eigenvalue weighted by Crippen LogP contribution is 2.21. The van der Waals surface area contributed by atoms with E-state index in [2.05, 4.69) is 35.5 Å². The van der Waals surface area contributed by atoms with Crippen LogP contribution in [0.15, 0.2) is 30.3 Å². The molecule has 0 bridgehead atoms. The van der Waals surface area contributed by atoms with Crippen molar-refractivity contribution in [2.45, 2.75) is 6.92 Å². The fraction of sp³-hybridized carbons (Fsp3) is 0.0625. The van der Waals surface area contributed by atoms with Crippen LogP contribution in [-0.2, 0) is 0 Å². The van der Waals surface area contributed by atoms with E-state index in [1.807, 2.05) is 0 Å². The van der Waals surface area contributed by atoms with Crippen LogP contribution >= 0.6 is 0 Å². The number of aromatic nitrogens is 1. The van der Waals surface area contributed by atoms with E-state index in [-0.39, 0.29) is 11.4 Å². The lowest BCUT2D eigenvalue weighted by molar-refractivity contribution is -0.886. The summed E-state index contributed by atoms with van der Waals surface area (Å²) in [5, 5.41) is 20.4. The maximum Gasteiger partial charge on any atom is 0.312 e. The second-order valence-corrected chi connectivity index (χ2v) is 3.62. The molecule has 0 aliphatic heterocycles. The van der Waals surface area contributed by atoms with Crippen molar-refractivity contribution in [3.63, 3.8) is 0 Å². The fourth-order valence-corrected chi connectivity index (χ4v) is 1.58. The molecule has 0 spiro atoms. The van der Waals surface area contributed by atoms with Crippen LogP contribution in [0.1, 0.15) is 12.6 Å². The van der Waals surface area contributed by atoms with E-state index in [0.29, 0.717) is 10.9 Å². The first-order valence-electron chi connectivity index (χ1n) is 5.53. The van der Waals surface area contributed by atoms with Gasteiger partial charge in [-0.25, -0.2) is 0 Å². The minimum atomic E-state index is 0.0616. The van der Waals surface area contributed by atoms with Gasteiger partial charge in [-0.1, -0.05) is 18.1 Å². The summed E-state index contributed by atoms with van der Waals surface area (Å²) in [7, 11) is 0. The van der Waals surface area contributed by atoms with Crippen LogP contribution in [0, 0.1) is 35.5 Å². The van der Waals surface area contributed by atoms with Gasteiger partial charge in [0.15, 0.2) is 0 Å². The van der Waals surface area contributed by atoms with Crippen molar-refractivity contribution in [3.8, 4) is 41.3 Å². The molecule has 1 aromatic carbocycles. The second kappa shape index (κ2) is 5.50. The molecule has 1 aromatic heterocycles. The molecule has 90 valence electrons. The number of hydrogen-bond donors (Lipinski definition) is 2. The number of nitrogens with zero attached hydrogens (tertiary/aromatic N) is 1. The number of fused-ring (bicyclic) bond motifs is 1. The monoisotopic (exact) mass is 248 g/mol. The molecule has 2 rings (SSSR count). The van der Waals surface area contributed by atoms with Crippen molar-refractivity contribution in [1.29, 1.82) is 0 Å². The number of pyridine rings is 1. The highest BCUT2D eigenvalue weighted by Gasteiger charge is 2.17. The lowest BCUT2D eigenvalue weighted by Crippen LogP contribution is -2.34. The van der Waals surface area contributed by atoms with Crippen LogP contribution in [0.25, 0.3) is 10.9 Å². The molecule has 2 N–H and O–H groups in total. The Balaban J connectivity index is 2.53. The molecule has 0 saturated carbocycles. The Hall–Kier alpha value is -3.09. The number of rotatable bonds is 0. The van der Waals surface area contributed by atoms with Gasteiger partial charge in [0, 0.05) is 16.7 Å². The SMILES string of the molecule is CC#CC#CC#Cc1cc(O)c2ccccc2[n+]1O. The Morgan fingerprint density at radius 1 is 1.05 bits per heavy atom. The van der Waals surface area contributed by atoms with Crippen LogP contribution in [0.3, 0.4) is 0 Å². The van der Waals surface area contributed by atoms with Gasteiger partial charge >= 0.3 is 5.69 Å². The summed E-state index contributed by atoms with van der Waals surface area (Å²) in [5.41, 5.74) is 0.739. The first-order valence-corrected chi connectivity index (χ1v) is 5.53. The third kappa shape index (κ3) is 2.60. The van der Waals surface area contributed by atoms with E-state index in [0.717, 1.165) is 4.73 Å². The lowest BCUT2D eigenvalue weighted by atomic mass is 10.2. The molecular formula is C16H10NO2+. The van der Waals surface area contributed by atoms with Crippen molar-refractivity contribution in [3.05, 3.63) is 36.0 Å². The van der Waals surface area contributed by atoms with E-state index in [4.69, 9.17) is 0 Å². The summed E-state index contributed by atoms with van der Waals surface area (Å²) >= 11 is 0. The van der Waals surface area contributed by atoms with E-state index < -0.39 is 0 Å². The maximum absolute atomic E-state index is 10.0. The summed E-state index contributed by atoms with van der Waals surface area (Å²) in [4.78, 5) is 0. The van der Waals surface area contributed by atoms with Crippen LogP contribution in [-0.4, -0.2) is 10.3 Å². The maximum atomic E-state index is 10.0. The molecule has 1 heterocycles. The fourth-order valence-electron chi connectivity index (χ4n) is 1.58. The molecule has 0 saturated heterocycles. The molecule has 0 atom stereocenters. The number of hydrogen-bond acceptors (Lipinski definition) is 2. The summed E-state index contributed by atoms with van der Waals surface area (Å²) in [5.74, 6) is 15.6. The number of benzene rings is 1. The Labute approximate surface area is 111 Å². The topological polar surface area (TPSA) is 44.3 Å². The minimum Gasteiger partial charge on any atom is -0.507 e. The van der Waals surface area contributed by atoms with Crippen LogP contribution in [0.2, 0.25) is 0 Å². The van der Waals surface area contributed by atoms with Gasteiger partial charge in [-0.3, -0.25) is 5.21 Å². The van der Waals surface area contributed by atoms with Crippen molar-refractivity contribution in [2.75, 3.05) is 0 Å². The van der Waals surface area contributed by atoms with Crippen molar-refractivity contribution in [2.24, 2.45) is 0 Å². The Morgan fingerprint density at radius 3 is 2.58 bits per heavy atom. The van der Waals surface area contributed by atoms with Gasteiger partial charge in [0.1, 0.15) is 5.75 Å². The largest absolute Gasteiger partial charge is 0.507 e. The zero-order valence-electron chi connectivity index (χ0n) is 10.2. The van der Waals surface area contributed by atoms with E-state index >= 15 is 0 Å². The normalized spacial score (nSPS) is 8.47. The average molecular weight is 248 g/mol. The summed E-state index contributed by atoms with van der Waals surface area (Å²) in [6, 6.07) is 8.34. The molecule has 0 aliphatic carbocycles. The van der Waals surface area contributed by atoms with Crippen molar-refractivity contribution >= 4 is 10.9 Å². The first kappa shape index (κ1) is 12.4. The smallest absolute Gasteiger partial charge is 0.312 e. The van der Waals surface area contributed by atoms with Gasteiger partial charge < -0.3 is 5.11 Å². The average Bonchev–Trinajstić information content (AvgIpc) is 2.44. The predicted molar refractivity (Wildman–Crippen MR) is 71.1 cm³/mol. The molecule has 3 nitrogen and oxygen atoms in total. The molecule has 0 aliphatic rings. The first-order chi connectivity index (χ1) is 9.24. The summed E-state index contributed by atoms with van der Waals surface area (Å²) < 4.78 is 0.926. The minimum absolute atomic E-state index is 0.0616. The molecule has 2 aromatic rings.